The topological polar surface area (TPSA) is 80.6 Å². The van der Waals surface area contributed by atoms with Gasteiger partial charge in [0, 0.05) is 5.69 Å². The van der Waals surface area contributed by atoms with Gasteiger partial charge in [0.1, 0.15) is 18.0 Å². The third-order valence-electron chi connectivity index (χ3n) is 4.00. The van der Waals surface area contributed by atoms with Crippen molar-refractivity contribution in [3.8, 4) is 5.82 Å². The fourth-order valence-electron chi connectivity index (χ4n) is 2.97. The summed E-state index contributed by atoms with van der Waals surface area (Å²) in [6, 6.07) is 9.92. The SMILES string of the molecule is N=C(N)c1cc2c(nc1-n1cnc3ccccc31)CCC2. The summed E-state index contributed by atoms with van der Waals surface area (Å²) >= 11 is 0. The van der Waals surface area contributed by atoms with Crippen molar-refractivity contribution in [1.29, 1.82) is 5.41 Å². The van der Waals surface area contributed by atoms with Gasteiger partial charge in [-0.1, -0.05) is 12.1 Å². The fraction of sp³-hybridized carbons (Fsp3) is 0.188. The molecule has 0 saturated heterocycles. The van der Waals surface area contributed by atoms with Crippen molar-refractivity contribution in [2.45, 2.75) is 19.3 Å². The molecule has 0 radical (unpaired) electrons. The lowest BCUT2D eigenvalue weighted by atomic mass is 10.1. The van der Waals surface area contributed by atoms with Crippen LogP contribution in [-0.4, -0.2) is 20.4 Å². The van der Waals surface area contributed by atoms with Crippen molar-refractivity contribution < 1.29 is 0 Å². The molecule has 0 bridgehead atoms. The zero-order valence-electron chi connectivity index (χ0n) is 11.5. The van der Waals surface area contributed by atoms with Gasteiger partial charge >= 0.3 is 0 Å². The molecule has 0 fully saturated rings. The minimum atomic E-state index is 0.0463. The number of nitrogens with one attached hydrogen (secondary N) is 1. The Morgan fingerprint density at radius 1 is 1.24 bits per heavy atom. The van der Waals surface area contributed by atoms with E-state index in [2.05, 4.69) is 4.98 Å². The number of nitrogens with zero attached hydrogens (tertiary/aromatic N) is 3. The Balaban J connectivity index is 2.01. The minimum absolute atomic E-state index is 0.0463. The van der Waals surface area contributed by atoms with E-state index < -0.39 is 0 Å². The summed E-state index contributed by atoms with van der Waals surface area (Å²) in [5.74, 6) is 0.752. The third kappa shape index (κ3) is 1.81. The molecule has 0 saturated carbocycles. The highest BCUT2D eigenvalue weighted by molar-refractivity contribution is 5.98. The second-order valence-corrected chi connectivity index (χ2v) is 5.34. The van der Waals surface area contributed by atoms with Crippen LogP contribution in [0, 0.1) is 5.41 Å². The second kappa shape index (κ2) is 4.41. The molecule has 4 rings (SSSR count). The number of imidazole rings is 1. The van der Waals surface area contributed by atoms with Crippen LogP contribution < -0.4 is 5.73 Å². The number of nitrogens with two attached hydrogens (primary N) is 1. The van der Waals surface area contributed by atoms with Crippen LogP contribution in [0.1, 0.15) is 23.2 Å². The van der Waals surface area contributed by atoms with Crippen LogP contribution in [0.4, 0.5) is 0 Å². The molecule has 0 atom stereocenters. The molecule has 0 spiro atoms. The normalized spacial score (nSPS) is 13.5. The summed E-state index contributed by atoms with van der Waals surface area (Å²) in [6.45, 7) is 0. The molecule has 2 heterocycles. The summed E-state index contributed by atoms with van der Waals surface area (Å²) in [5.41, 5.74) is 10.7. The molecule has 0 unspecified atom stereocenters. The zero-order chi connectivity index (χ0) is 14.4. The van der Waals surface area contributed by atoms with Crippen molar-refractivity contribution >= 4 is 16.9 Å². The molecule has 0 aliphatic heterocycles. The monoisotopic (exact) mass is 277 g/mol. The van der Waals surface area contributed by atoms with E-state index in [9.17, 15) is 0 Å². The number of fused-ring (bicyclic) bond motifs is 2. The van der Waals surface area contributed by atoms with Crippen LogP contribution in [0.5, 0.6) is 0 Å². The smallest absolute Gasteiger partial charge is 0.149 e. The lowest BCUT2D eigenvalue weighted by Crippen LogP contribution is -2.17. The van der Waals surface area contributed by atoms with Gasteiger partial charge in [0.2, 0.25) is 0 Å². The zero-order valence-corrected chi connectivity index (χ0v) is 11.5. The molecule has 3 aromatic rings. The van der Waals surface area contributed by atoms with Gasteiger partial charge in [0.25, 0.3) is 0 Å². The van der Waals surface area contributed by atoms with E-state index in [1.807, 2.05) is 34.9 Å². The van der Waals surface area contributed by atoms with Crippen LogP contribution >= 0.6 is 0 Å². The molecule has 21 heavy (non-hydrogen) atoms. The number of rotatable bonds is 2. The molecule has 0 amide bonds. The van der Waals surface area contributed by atoms with E-state index in [0.717, 1.165) is 36.0 Å². The maximum Gasteiger partial charge on any atom is 0.149 e. The number of nitrogen functional groups attached to an aromatic ring is 1. The summed E-state index contributed by atoms with van der Waals surface area (Å²) < 4.78 is 1.92. The summed E-state index contributed by atoms with van der Waals surface area (Å²) in [4.78, 5) is 9.17. The van der Waals surface area contributed by atoms with Gasteiger partial charge in [-0.15, -0.1) is 0 Å². The second-order valence-electron chi connectivity index (χ2n) is 5.34. The Labute approximate surface area is 122 Å². The molecule has 5 nitrogen and oxygen atoms in total. The summed E-state index contributed by atoms with van der Waals surface area (Å²) in [7, 11) is 0. The van der Waals surface area contributed by atoms with E-state index in [1.165, 1.54) is 5.56 Å². The highest BCUT2D eigenvalue weighted by Gasteiger charge is 2.19. The maximum atomic E-state index is 7.85. The van der Waals surface area contributed by atoms with Crippen molar-refractivity contribution in [2.24, 2.45) is 5.73 Å². The van der Waals surface area contributed by atoms with E-state index >= 15 is 0 Å². The standard InChI is InChI=1S/C16H15N5/c17-15(18)11-8-10-4-3-6-12(10)20-16(11)21-9-19-13-5-1-2-7-14(13)21/h1-2,5,7-9H,3-4,6H2,(H3,17,18). The predicted octanol–water partition coefficient (Wildman–Crippen LogP) is 2.19. The highest BCUT2D eigenvalue weighted by atomic mass is 15.1. The van der Waals surface area contributed by atoms with Crippen molar-refractivity contribution in [3.05, 3.63) is 53.5 Å². The van der Waals surface area contributed by atoms with Crippen LogP contribution in [0.25, 0.3) is 16.9 Å². The van der Waals surface area contributed by atoms with Crippen molar-refractivity contribution in [2.75, 3.05) is 0 Å². The first-order valence-corrected chi connectivity index (χ1v) is 7.03. The van der Waals surface area contributed by atoms with E-state index in [0.29, 0.717) is 11.4 Å². The van der Waals surface area contributed by atoms with Gasteiger partial charge in [-0.2, -0.15) is 0 Å². The largest absolute Gasteiger partial charge is 0.384 e. The maximum absolute atomic E-state index is 7.85. The van der Waals surface area contributed by atoms with Crippen LogP contribution in [0.3, 0.4) is 0 Å². The van der Waals surface area contributed by atoms with E-state index in [4.69, 9.17) is 16.1 Å². The first-order valence-electron chi connectivity index (χ1n) is 7.03. The molecule has 1 aliphatic rings. The summed E-state index contributed by atoms with van der Waals surface area (Å²) in [6.07, 6.45) is 4.88. The molecule has 3 N–H and O–H groups in total. The summed E-state index contributed by atoms with van der Waals surface area (Å²) in [5, 5.41) is 7.85. The number of para-hydroxylation sites is 2. The van der Waals surface area contributed by atoms with Crippen LogP contribution in [0.2, 0.25) is 0 Å². The fourth-order valence-corrected chi connectivity index (χ4v) is 2.97. The number of pyridine rings is 1. The van der Waals surface area contributed by atoms with Gasteiger partial charge in [-0.05, 0) is 43.0 Å². The average molecular weight is 277 g/mol. The van der Waals surface area contributed by atoms with Gasteiger partial charge in [0.15, 0.2) is 0 Å². The lowest BCUT2D eigenvalue weighted by molar-refractivity contribution is 0.893. The molecular weight excluding hydrogens is 262 g/mol. The molecular formula is C16H15N5. The average Bonchev–Trinajstić information content (AvgIpc) is 3.11. The Bertz CT molecular complexity index is 862. The first kappa shape index (κ1) is 12.1. The number of hydrogen-bond donors (Lipinski definition) is 2. The number of hydrogen-bond acceptors (Lipinski definition) is 3. The Morgan fingerprint density at radius 2 is 2.10 bits per heavy atom. The molecule has 5 heteroatoms. The van der Waals surface area contributed by atoms with Crippen LogP contribution in [-0.2, 0) is 12.8 Å². The Hall–Kier alpha value is -2.69. The van der Waals surface area contributed by atoms with Gasteiger partial charge < -0.3 is 5.73 Å². The van der Waals surface area contributed by atoms with E-state index in [-0.39, 0.29) is 5.84 Å². The van der Waals surface area contributed by atoms with Gasteiger partial charge in [-0.3, -0.25) is 9.98 Å². The van der Waals surface area contributed by atoms with Gasteiger partial charge in [0.05, 0.1) is 16.6 Å². The third-order valence-corrected chi connectivity index (χ3v) is 4.00. The lowest BCUT2D eigenvalue weighted by Gasteiger charge is -2.12. The van der Waals surface area contributed by atoms with E-state index in [1.54, 1.807) is 6.33 Å². The molecule has 1 aliphatic carbocycles. The molecule has 104 valence electrons. The van der Waals surface area contributed by atoms with Crippen molar-refractivity contribution in [1.82, 2.24) is 14.5 Å². The van der Waals surface area contributed by atoms with Crippen molar-refractivity contribution in [3.63, 3.8) is 0 Å². The number of aromatic nitrogens is 3. The Kier molecular flexibility index (Phi) is 2.54. The number of aryl methyl sites for hydroxylation is 2. The predicted molar refractivity (Wildman–Crippen MR) is 81.9 cm³/mol. The van der Waals surface area contributed by atoms with Gasteiger partial charge in [-0.25, -0.2) is 9.97 Å². The Morgan fingerprint density at radius 3 is 2.95 bits per heavy atom. The quantitative estimate of drug-likeness (QED) is 0.556. The van der Waals surface area contributed by atoms with Crippen LogP contribution in [0.15, 0.2) is 36.7 Å². The molecule has 2 aromatic heterocycles. The number of benzene rings is 1. The first-order chi connectivity index (χ1) is 10.2. The highest BCUT2D eigenvalue weighted by Crippen LogP contribution is 2.26. The molecule has 1 aromatic carbocycles. The minimum Gasteiger partial charge on any atom is -0.384 e. The number of amidine groups is 1.